The lowest BCUT2D eigenvalue weighted by Gasteiger charge is -2.04. The number of amides is 1. The second-order valence-corrected chi connectivity index (χ2v) is 4.65. The van der Waals surface area contributed by atoms with Crippen molar-refractivity contribution >= 4 is 51.6 Å². The van der Waals surface area contributed by atoms with E-state index in [1.165, 1.54) is 11.3 Å². The van der Waals surface area contributed by atoms with Crippen molar-refractivity contribution in [1.82, 2.24) is 15.0 Å². The van der Waals surface area contributed by atoms with Crippen molar-refractivity contribution in [2.24, 2.45) is 10.7 Å². The minimum absolute atomic E-state index is 0.0708. The lowest BCUT2D eigenvalue weighted by atomic mass is 10.4. The van der Waals surface area contributed by atoms with Gasteiger partial charge in [0.2, 0.25) is 5.96 Å². The molecule has 0 bridgehead atoms. The van der Waals surface area contributed by atoms with Crippen molar-refractivity contribution in [3.8, 4) is 0 Å². The van der Waals surface area contributed by atoms with Gasteiger partial charge in [0.1, 0.15) is 0 Å². The fourth-order valence-corrected chi connectivity index (χ4v) is 1.85. The van der Waals surface area contributed by atoms with E-state index in [1.807, 2.05) is 0 Å². The van der Waals surface area contributed by atoms with Gasteiger partial charge in [0, 0.05) is 11.6 Å². The average Bonchev–Trinajstić information content (AvgIpc) is 2.86. The van der Waals surface area contributed by atoms with E-state index in [-0.39, 0.29) is 28.4 Å². The van der Waals surface area contributed by atoms with E-state index in [0.717, 1.165) is 0 Å². The first kappa shape index (κ1) is 14.0. The van der Waals surface area contributed by atoms with Gasteiger partial charge in [-0.3, -0.25) is 4.79 Å². The third-order valence-corrected chi connectivity index (χ3v) is 2.96. The summed E-state index contributed by atoms with van der Waals surface area (Å²) in [7, 11) is 0. The van der Waals surface area contributed by atoms with E-state index < -0.39 is 5.91 Å². The van der Waals surface area contributed by atoms with Crippen LogP contribution < -0.4 is 22.5 Å². The van der Waals surface area contributed by atoms with Crippen molar-refractivity contribution in [3.05, 3.63) is 22.4 Å². The molecule has 0 atom stereocenters. The molecule has 11 heteroatoms. The van der Waals surface area contributed by atoms with Gasteiger partial charge in [0.15, 0.2) is 27.6 Å². The molecule has 2 heterocycles. The normalized spacial score (nSPS) is 11.3. The molecule has 9 nitrogen and oxygen atoms in total. The van der Waals surface area contributed by atoms with Crippen LogP contribution in [0.25, 0.3) is 0 Å². The van der Waals surface area contributed by atoms with Gasteiger partial charge in [0.05, 0.1) is 0 Å². The number of nitrogens with two attached hydrogens (primary N) is 3. The van der Waals surface area contributed by atoms with Crippen LogP contribution in [0.3, 0.4) is 0 Å². The van der Waals surface area contributed by atoms with Crippen LogP contribution in [-0.2, 0) is 0 Å². The highest BCUT2D eigenvalue weighted by molar-refractivity contribution is 7.13. The van der Waals surface area contributed by atoms with Crippen LogP contribution in [0, 0.1) is 0 Å². The summed E-state index contributed by atoms with van der Waals surface area (Å²) in [5.74, 6) is -1.20. The summed E-state index contributed by atoms with van der Waals surface area (Å²) in [5, 5.41) is 4.73. The molecule has 0 aliphatic carbocycles. The Hall–Kier alpha value is -2.46. The number of aliphatic imine (C=N–C) groups is 1. The molecule has 2 aromatic rings. The molecular formula is C9H9ClN8OS. The minimum atomic E-state index is -0.793. The number of hydrogen-bond acceptors (Lipinski definition) is 7. The zero-order chi connectivity index (χ0) is 14.7. The van der Waals surface area contributed by atoms with E-state index in [9.17, 15) is 4.79 Å². The number of nitrogens with one attached hydrogen (secondary N) is 1. The van der Waals surface area contributed by atoms with Gasteiger partial charge in [-0.15, -0.1) is 11.3 Å². The van der Waals surface area contributed by atoms with Crippen LogP contribution in [0.2, 0.25) is 5.15 Å². The number of hydrogen-bond donors (Lipinski definition) is 4. The zero-order valence-corrected chi connectivity index (χ0v) is 11.4. The Bertz CT molecular complexity index is 671. The first-order valence-corrected chi connectivity index (χ1v) is 6.36. The maximum absolute atomic E-state index is 11.9. The lowest BCUT2D eigenvalue weighted by molar-refractivity contribution is 0.0999. The second-order valence-electron chi connectivity index (χ2n) is 3.40. The van der Waals surface area contributed by atoms with E-state index in [4.69, 9.17) is 28.8 Å². The predicted octanol–water partition coefficient (Wildman–Crippen LogP) is 0.318. The Morgan fingerprint density at radius 1 is 1.35 bits per heavy atom. The molecule has 0 saturated carbocycles. The zero-order valence-electron chi connectivity index (χ0n) is 9.87. The van der Waals surface area contributed by atoms with Crippen LogP contribution >= 0.6 is 22.9 Å². The highest BCUT2D eigenvalue weighted by Gasteiger charge is 2.16. The number of aromatic nitrogens is 3. The number of nitrogen functional groups attached to an aromatic ring is 2. The highest BCUT2D eigenvalue weighted by Crippen LogP contribution is 2.18. The molecule has 1 amide bonds. The molecular weight excluding hydrogens is 304 g/mol. The van der Waals surface area contributed by atoms with Crippen molar-refractivity contribution in [3.63, 3.8) is 0 Å². The summed E-state index contributed by atoms with van der Waals surface area (Å²) in [4.78, 5) is 26.8. The number of nitrogens with zero attached hydrogens (tertiary/aromatic N) is 4. The minimum Gasteiger partial charge on any atom is -0.382 e. The number of rotatable bonds is 2. The Kier molecular flexibility index (Phi) is 3.96. The number of carbonyl (C=O) groups excluding carboxylic acids is 1. The molecule has 0 radical (unpaired) electrons. The predicted molar refractivity (Wildman–Crippen MR) is 77.6 cm³/mol. The third kappa shape index (κ3) is 3.10. The Morgan fingerprint density at radius 3 is 2.75 bits per heavy atom. The second kappa shape index (κ2) is 5.67. The van der Waals surface area contributed by atoms with Crippen LogP contribution in [-0.4, -0.2) is 26.8 Å². The first-order chi connectivity index (χ1) is 9.47. The Labute approximate surface area is 121 Å². The topological polar surface area (TPSA) is 158 Å². The molecule has 0 saturated heterocycles. The number of halogens is 1. The Balaban J connectivity index is 2.21. The van der Waals surface area contributed by atoms with Crippen LogP contribution in [0.15, 0.2) is 16.6 Å². The quantitative estimate of drug-likeness (QED) is 0.455. The van der Waals surface area contributed by atoms with Crippen LogP contribution in [0.4, 0.5) is 16.8 Å². The monoisotopic (exact) mass is 312 g/mol. The standard InChI is InChI=1S/C9H9ClN8OS/c10-4-6(12)16-5(11)3(15-4)7(19)17-8(13)18-9-14-1-2-20-9/h1-2H,(H4,11,12,16)(H3,13,14,17,18,19). The smallest absolute Gasteiger partial charge is 0.302 e. The number of carbonyl (C=O) groups is 1. The first-order valence-electron chi connectivity index (χ1n) is 5.11. The molecule has 7 N–H and O–H groups in total. The van der Waals surface area contributed by atoms with Crippen molar-refractivity contribution < 1.29 is 4.79 Å². The van der Waals surface area contributed by atoms with E-state index in [0.29, 0.717) is 5.13 Å². The van der Waals surface area contributed by atoms with Crippen molar-refractivity contribution in [2.75, 3.05) is 16.8 Å². The molecule has 0 aliphatic rings. The van der Waals surface area contributed by atoms with Gasteiger partial charge >= 0.3 is 5.91 Å². The fourth-order valence-electron chi connectivity index (χ4n) is 1.18. The average molecular weight is 313 g/mol. The Morgan fingerprint density at radius 2 is 2.10 bits per heavy atom. The molecule has 0 aliphatic heterocycles. The molecule has 2 aromatic heterocycles. The third-order valence-electron chi connectivity index (χ3n) is 2.00. The van der Waals surface area contributed by atoms with Crippen molar-refractivity contribution in [2.45, 2.75) is 0 Å². The number of thiazole rings is 1. The SMILES string of the molecule is N/C(=N/C(=O)c1nc(Cl)c(N)nc1N)Nc1nccs1. The molecule has 0 spiro atoms. The van der Waals surface area contributed by atoms with Crippen LogP contribution in [0.1, 0.15) is 10.5 Å². The number of anilines is 3. The molecule has 0 unspecified atom stereocenters. The summed E-state index contributed by atoms with van der Waals surface area (Å²) in [5.41, 5.74) is 16.3. The highest BCUT2D eigenvalue weighted by atomic mass is 35.5. The van der Waals surface area contributed by atoms with Gasteiger partial charge in [-0.2, -0.15) is 4.99 Å². The molecule has 104 valence electrons. The van der Waals surface area contributed by atoms with Gasteiger partial charge in [-0.05, 0) is 0 Å². The molecule has 20 heavy (non-hydrogen) atoms. The van der Waals surface area contributed by atoms with Crippen LogP contribution in [0.5, 0.6) is 0 Å². The molecule has 2 rings (SSSR count). The van der Waals surface area contributed by atoms with Crippen molar-refractivity contribution in [1.29, 1.82) is 0 Å². The summed E-state index contributed by atoms with van der Waals surface area (Å²) in [6.45, 7) is 0. The number of guanidine groups is 1. The summed E-state index contributed by atoms with van der Waals surface area (Å²) in [6.07, 6.45) is 1.57. The summed E-state index contributed by atoms with van der Waals surface area (Å²) >= 11 is 6.97. The van der Waals surface area contributed by atoms with Gasteiger partial charge < -0.3 is 22.5 Å². The largest absolute Gasteiger partial charge is 0.382 e. The van der Waals surface area contributed by atoms with Gasteiger partial charge in [-0.1, -0.05) is 11.6 Å². The summed E-state index contributed by atoms with van der Waals surface area (Å²) in [6, 6.07) is 0. The fraction of sp³-hybridized carbons (Fsp3) is 0. The summed E-state index contributed by atoms with van der Waals surface area (Å²) < 4.78 is 0. The van der Waals surface area contributed by atoms with E-state index in [2.05, 4.69) is 25.3 Å². The maximum atomic E-state index is 11.9. The van der Waals surface area contributed by atoms with E-state index in [1.54, 1.807) is 11.6 Å². The molecule has 0 fully saturated rings. The maximum Gasteiger partial charge on any atom is 0.302 e. The molecule has 0 aromatic carbocycles. The van der Waals surface area contributed by atoms with Gasteiger partial charge in [0.25, 0.3) is 0 Å². The lowest BCUT2D eigenvalue weighted by Crippen LogP contribution is -2.24. The van der Waals surface area contributed by atoms with Gasteiger partial charge in [-0.25, -0.2) is 15.0 Å². The van der Waals surface area contributed by atoms with E-state index >= 15 is 0 Å².